The van der Waals surface area contributed by atoms with Gasteiger partial charge < -0.3 is 25.2 Å². The molecule has 5 heterocycles. The number of hydrogen-bond donors (Lipinski definition) is 2. The number of benzene rings is 1. The first-order valence-electron chi connectivity index (χ1n) is 13.8. The molecule has 6 rings (SSSR count). The number of esters is 1. The maximum atomic E-state index is 12.1. The minimum Gasteiger partial charge on any atom is -0.441 e. The van der Waals surface area contributed by atoms with E-state index in [0.717, 1.165) is 35.9 Å². The number of aryl methyl sites for hydroxylation is 2. The fourth-order valence-corrected chi connectivity index (χ4v) is 4.80. The van der Waals surface area contributed by atoms with Crippen LogP contribution in [-0.2, 0) is 21.0 Å². The molecule has 1 fully saturated rings. The van der Waals surface area contributed by atoms with Crippen LogP contribution in [0.2, 0.25) is 0 Å². The molecule has 218 valence electrons. The first-order valence-corrected chi connectivity index (χ1v) is 13.8. The second-order valence-electron chi connectivity index (χ2n) is 10.4. The lowest BCUT2D eigenvalue weighted by atomic mass is 10.1. The number of rotatable bonds is 8. The van der Waals surface area contributed by atoms with E-state index in [0.29, 0.717) is 36.1 Å². The highest BCUT2D eigenvalue weighted by molar-refractivity contribution is 5.76. The minimum atomic E-state index is -1.12. The average Bonchev–Trinajstić information content (AvgIpc) is 3.74. The predicted molar refractivity (Wildman–Crippen MR) is 155 cm³/mol. The van der Waals surface area contributed by atoms with Crippen molar-refractivity contribution in [3.8, 4) is 28.5 Å². The number of carbonyl (C=O) groups excluding carboxylic acids is 1. The Morgan fingerprint density at radius 1 is 1.05 bits per heavy atom. The summed E-state index contributed by atoms with van der Waals surface area (Å²) in [6.07, 6.45) is 0.894. The second-order valence-corrected chi connectivity index (χ2v) is 10.4. The van der Waals surface area contributed by atoms with Crippen LogP contribution in [0, 0.1) is 13.8 Å². The first kappa shape index (κ1) is 27.6. The van der Waals surface area contributed by atoms with Crippen molar-refractivity contribution >= 4 is 17.4 Å². The fourth-order valence-electron chi connectivity index (χ4n) is 4.80. The van der Waals surface area contributed by atoms with Gasteiger partial charge in [0.1, 0.15) is 23.2 Å². The Kier molecular flexibility index (Phi) is 7.45. The molecule has 0 aliphatic carbocycles. The van der Waals surface area contributed by atoms with Gasteiger partial charge >= 0.3 is 5.97 Å². The third kappa shape index (κ3) is 5.49. The van der Waals surface area contributed by atoms with Gasteiger partial charge in [0.25, 0.3) is 0 Å². The number of morpholine rings is 1. The Morgan fingerprint density at radius 3 is 2.60 bits per heavy atom. The van der Waals surface area contributed by atoms with Crippen LogP contribution in [0.15, 0.2) is 54.7 Å². The summed E-state index contributed by atoms with van der Waals surface area (Å²) in [7, 11) is 0. The van der Waals surface area contributed by atoms with E-state index < -0.39 is 18.1 Å². The number of ether oxygens (including phenoxy) is 2. The molecular formula is C29H33N9O4. The second kappa shape index (κ2) is 11.4. The van der Waals surface area contributed by atoms with Gasteiger partial charge in [-0.3, -0.25) is 4.79 Å². The van der Waals surface area contributed by atoms with Crippen molar-refractivity contribution in [2.75, 3.05) is 31.2 Å². The zero-order valence-corrected chi connectivity index (χ0v) is 23.7. The number of nitrogens with two attached hydrogens (primary N) is 1. The van der Waals surface area contributed by atoms with Crippen molar-refractivity contribution in [3.63, 3.8) is 0 Å². The number of nitrogens with zero attached hydrogens (tertiary/aromatic N) is 8. The SMILES string of the molecule is Cc1cccc(-c2ccn(-c3cc(N4CCOCC4)n4nc(-c5cc(C)n(COC(=O)[C@@H](N)C(C)O)n5)cc4n3)n2)c1. The van der Waals surface area contributed by atoms with E-state index in [-0.39, 0.29) is 6.73 Å². The summed E-state index contributed by atoms with van der Waals surface area (Å²) in [6, 6.07) is 14.8. The smallest absolute Gasteiger partial charge is 0.327 e. The Balaban J connectivity index is 1.34. The van der Waals surface area contributed by atoms with E-state index in [4.69, 9.17) is 30.4 Å². The lowest BCUT2D eigenvalue weighted by Gasteiger charge is -2.29. The summed E-state index contributed by atoms with van der Waals surface area (Å²) in [4.78, 5) is 19.2. The number of carbonyl (C=O) groups is 1. The van der Waals surface area contributed by atoms with Crippen LogP contribution >= 0.6 is 0 Å². The van der Waals surface area contributed by atoms with Crippen molar-refractivity contribution in [1.29, 1.82) is 0 Å². The number of anilines is 1. The zero-order chi connectivity index (χ0) is 29.4. The van der Waals surface area contributed by atoms with Crippen LogP contribution in [0.25, 0.3) is 34.1 Å². The molecule has 0 spiro atoms. The third-order valence-corrected chi connectivity index (χ3v) is 7.23. The fraction of sp³-hybridized carbons (Fsp3) is 0.345. The summed E-state index contributed by atoms with van der Waals surface area (Å²) in [5, 5.41) is 23.8. The summed E-state index contributed by atoms with van der Waals surface area (Å²) < 4.78 is 16.0. The number of hydrogen-bond acceptors (Lipinski definition) is 10. The summed E-state index contributed by atoms with van der Waals surface area (Å²) in [6.45, 7) is 7.89. The molecular weight excluding hydrogens is 538 g/mol. The molecule has 0 saturated carbocycles. The highest BCUT2D eigenvalue weighted by atomic mass is 16.5. The molecule has 1 unspecified atom stereocenters. The molecule has 2 atom stereocenters. The molecule has 1 aliphatic rings. The summed E-state index contributed by atoms with van der Waals surface area (Å²) in [5.74, 6) is 0.831. The lowest BCUT2D eigenvalue weighted by Crippen LogP contribution is -2.41. The number of aromatic nitrogens is 7. The van der Waals surface area contributed by atoms with Gasteiger partial charge in [-0.15, -0.1) is 0 Å². The van der Waals surface area contributed by atoms with Gasteiger partial charge in [0.2, 0.25) is 0 Å². The quantitative estimate of drug-likeness (QED) is 0.265. The Bertz CT molecular complexity index is 1730. The van der Waals surface area contributed by atoms with E-state index in [2.05, 4.69) is 29.1 Å². The molecule has 1 aromatic carbocycles. The van der Waals surface area contributed by atoms with Crippen molar-refractivity contribution in [1.82, 2.24) is 34.2 Å². The van der Waals surface area contributed by atoms with Crippen molar-refractivity contribution in [2.24, 2.45) is 5.73 Å². The predicted octanol–water partition coefficient (Wildman–Crippen LogP) is 2.11. The van der Waals surface area contributed by atoms with Gasteiger partial charge in [-0.1, -0.05) is 23.8 Å². The van der Waals surface area contributed by atoms with Crippen LogP contribution in [0.3, 0.4) is 0 Å². The van der Waals surface area contributed by atoms with Crippen molar-refractivity contribution in [3.05, 3.63) is 66.0 Å². The molecule has 3 N–H and O–H groups in total. The molecule has 0 amide bonds. The largest absolute Gasteiger partial charge is 0.441 e. The first-order chi connectivity index (χ1) is 20.3. The molecule has 5 aromatic rings. The van der Waals surface area contributed by atoms with E-state index >= 15 is 0 Å². The maximum absolute atomic E-state index is 12.1. The van der Waals surface area contributed by atoms with Gasteiger partial charge in [0, 0.05) is 42.7 Å². The molecule has 4 aromatic heterocycles. The number of aliphatic hydroxyl groups is 1. The van der Waals surface area contributed by atoms with E-state index in [1.807, 2.05) is 54.0 Å². The molecule has 1 aliphatic heterocycles. The van der Waals surface area contributed by atoms with Gasteiger partial charge in [-0.2, -0.15) is 19.8 Å². The number of fused-ring (bicyclic) bond motifs is 1. The van der Waals surface area contributed by atoms with Gasteiger partial charge in [-0.05, 0) is 39.0 Å². The molecule has 13 nitrogen and oxygen atoms in total. The van der Waals surface area contributed by atoms with Crippen molar-refractivity contribution in [2.45, 2.75) is 39.6 Å². The molecule has 0 bridgehead atoms. The van der Waals surface area contributed by atoms with Crippen LogP contribution in [0.4, 0.5) is 5.82 Å². The summed E-state index contributed by atoms with van der Waals surface area (Å²) >= 11 is 0. The standard InChI is InChI=1S/C29H33N9O4/c1-18-5-4-6-21(13-18)22-7-8-36(32-22)25-16-27(35-9-11-41-12-10-35)38-26(31-25)15-24(34-38)23-14-19(2)37(33-23)17-42-29(40)28(30)20(3)39/h4-8,13-16,20,28,39H,9-12,17,30H2,1-3H3/t20?,28-/m0/s1. The van der Waals surface area contributed by atoms with Crippen LogP contribution < -0.4 is 10.6 Å². The third-order valence-electron chi connectivity index (χ3n) is 7.23. The zero-order valence-electron chi connectivity index (χ0n) is 23.7. The normalized spacial score (nSPS) is 15.2. The number of aliphatic hydroxyl groups excluding tert-OH is 1. The summed E-state index contributed by atoms with van der Waals surface area (Å²) in [5.41, 5.74) is 11.4. The highest BCUT2D eigenvalue weighted by Crippen LogP contribution is 2.26. The van der Waals surface area contributed by atoms with Gasteiger partial charge in [0.15, 0.2) is 18.2 Å². The van der Waals surface area contributed by atoms with E-state index in [1.165, 1.54) is 12.5 Å². The molecule has 42 heavy (non-hydrogen) atoms. The molecule has 13 heteroatoms. The van der Waals surface area contributed by atoms with Crippen LogP contribution in [0.5, 0.6) is 0 Å². The molecule has 1 saturated heterocycles. The van der Waals surface area contributed by atoms with Crippen LogP contribution in [-0.4, -0.2) is 83.7 Å². The Hall–Kier alpha value is -4.59. The highest BCUT2D eigenvalue weighted by Gasteiger charge is 2.22. The molecule has 0 radical (unpaired) electrons. The van der Waals surface area contributed by atoms with E-state index in [9.17, 15) is 9.90 Å². The maximum Gasteiger partial charge on any atom is 0.327 e. The van der Waals surface area contributed by atoms with E-state index in [1.54, 1.807) is 9.36 Å². The topological polar surface area (TPSA) is 151 Å². The lowest BCUT2D eigenvalue weighted by molar-refractivity contribution is -0.152. The Labute approximate surface area is 242 Å². The van der Waals surface area contributed by atoms with Crippen molar-refractivity contribution < 1.29 is 19.4 Å². The monoisotopic (exact) mass is 571 g/mol. The Morgan fingerprint density at radius 2 is 1.83 bits per heavy atom. The van der Waals surface area contributed by atoms with Gasteiger partial charge in [-0.25, -0.2) is 14.3 Å². The van der Waals surface area contributed by atoms with Gasteiger partial charge in [0.05, 0.1) is 25.0 Å². The van der Waals surface area contributed by atoms with Crippen LogP contribution in [0.1, 0.15) is 18.2 Å². The minimum absolute atomic E-state index is 0.136. The average molecular weight is 572 g/mol.